The Morgan fingerprint density at radius 2 is 1.78 bits per heavy atom. The number of rotatable bonds is 8. The number of sulfonamides is 1. The summed E-state index contributed by atoms with van der Waals surface area (Å²) in [6, 6.07) is 15.6. The topological polar surface area (TPSA) is 66.5 Å². The van der Waals surface area contributed by atoms with Gasteiger partial charge in [0.2, 0.25) is 15.9 Å². The predicted molar refractivity (Wildman–Crippen MR) is 110 cm³/mol. The number of carbonyl (C=O) groups is 1. The lowest BCUT2D eigenvalue weighted by molar-refractivity contribution is -0.120. The van der Waals surface area contributed by atoms with Crippen LogP contribution < -0.4 is 9.62 Å². The number of aryl methyl sites for hydroxylation is 3. The molecule has 6 heteroatoms. The van der Waals surface area contributed by atoms with Gasteiger partial charge in [-0.25, -0.2) is 8.42 Å². The summed E-state index contributed by atoms with van der Waals surface area (Å²) in [5, 5.41) is 2.91. The van der Waals surface area contributed by atoms with Gasteiger partial charge in [-0.3, -0.25) is 9.10 Å². The summed E-state index contributed by atoms with van der Waals surface area (Å²) in [7, 11) is -3.57. The lowest BCUT2D eigenvalue weighted by Gasteiger charge is -2.25. The second kappa shape index (κ2) is 9.04. The van der Waals surface area contributed by atoms with Gasteiger partial charge in [-0.1, -0.05) is 42.5 Å². The monoisotopic (exact) mass is 388 g/mol. The van der Waals surface area contributed by atoms with Crippen LogP contribution in [-0.2, 0) is 21.2 Å². The first kappa shape index (κ1) is 21.0. The molecule has 0 spiro atoms. The van der Waals surface area contributed by atoms with E-state index in [-0.39, 0.29) is 18.5 Å². The summed E-state index contributed by atoms with van der Waals surface area (Å²) < 4.78 is 25.7. The van der Waals surface area contributed by atoms with Crippen LogP contribution >= 0.6 is 0 Å². The van der Waals surface area contributed by atoms with E-state index in [4.69, 9.17) is 0 Å². The molecule has 0 unspecified atom stereocenters. The van der Waals surface area contributed by atoms with E-state index < -0.39 is 10.0 Å². The molecule has 2 aromatic carbocycles. The summed E-state index contributed by atoms with van der Waals surface area (Å²) in [6.45, 7) is 5.45. The molecule has 1 amide bonds. The number of carbonyl (C=O) groups excluding carboxylic acids is 1. The van der Waals surface area contributed by atoms with E-state index in [1.54, 1.807) is 6.07 Å². The summed E-state index contributed by atoms with van der Waals surface area (Å²) in [5.41, 5.74) is 3.52. The van der Waals surface area contributed by atoms with E-state index in [0.29, 0.717) is 5.69 Å². The maximum absolute atomic E-state index is 12.5. The van der Waals surface area contributed by atoms with E-state index in [9.17, 15) is 13.2 Å². The Morgan fingerprint density at radius 3 is 2.41 bits per heavy atom. The van der Waals surface area contributed by atoms with Crippen LogP contribution in [0.4, 0.5) is 5.69 Å². The fourth-order valence-electron chi connectivity index (χ4n) is 2.92. The highest BCUT2D eigenvalue weighted by molar-refractivity contribution is 7.92. The summed E-state index contributed by atoms with van der Waals surface area (Å²) in [4.78, 5) is 12.5. The van der Waals surface area contributed by atoms with Crippen molar-refractivity contribution < 1.29 is 13.2 Å². The van der Waals surface area contributed by atoms with Gasteiger partial charge in [-0.05, 0) is 56.4 Å². The largest absolute Gasteiger partial charge is 0.352 e. The Hall–Kier alpha value is -2.34. The molecule has 0 aromatic heterocycles. The SMILES string of the molecule is Cc1ccc(C)c(N(CC(=O)N[C@H](C)CCc2ccccc2)S(C)(=O)=O)c1. The van der Waals surface area contributed by atoms with Gasteiger partial charge < -0.3 is 5.32 Å². The zero-order valence-electron chi connectivity index (χ0n) is 16.4. The van der Waals surface area contributed by atoms with Crippen molar-refractivity contribution in [3.8, 4) is 0 Å². The molecule has 5 nitrogen and oxygen atoms in total. The Labute approximate surface area is 162 Å². The maximum Gasteiger partial charge on any atom is 0.240 e. The normalized spacial score (nSPS) is 12.4. The third kappa shape index (κ3) is 6.40. The summed E-state index contributed by atoms with van der Waals surface area (Å²) in [6.07, 6.45) is 2.77. The number of nitrogens with zero attached hydrogens (tertiary/aromatic N) is 1. The highest BCUT2D eigenvalue weighted by Crippen LogP contribution is 2.23. The van der Waals surface area contributed by atoms with Crippen molar-refractivity contribution in [1.82, 2.24) is 5.32 Å². The summed E-state index contributed by atoms with van der Waals surface area (Å²) >= 11 is 0. The zero-order valence-corrected chi connectivity index (χ0v) is 17.2. The van der Waals surface area contributed by atoms with Crippen LogP contribution in [0.1, 0.15) is 30.0 Å². The van der Waals surface area contributed by atoms with Gasteiger partial charge in [-0.15, -0.1) is 0 Å². The maximum atomic E-state index is 12.5. The number of amides is 1. The van der Waals surface area contributed by atoms with Crippen molar-refractivity contribution >= 4 is 21.6 Å². The quantitative estimate of drug-likeness (QED) is 0.755. The predicted octanol–water partition coefficient (Wildman–Crippen LogP) is 3.21. The van der Waals surface area contributed by atoms with Crippen LogP contribution in [0.25, 0.3) is 0 Å². The van der Waals surface area contributed by atoms with Crippen LogP contribution in [0.5, 0.6) is 0 Å². The Balaban J connectivity index is 2.02. The van der Waals surface area contributed by atoms with Crippen LogP contribution in [0.3, 0.4) is 0 Å². The fourth-order valence-corrected chi connectivity index (χ4v) is 3.83. The highest BCUT2D eigenvalue weighted by Gasteiger charge is 2.23. The van der Waals surface area contributed by atoms with Crippen LogP contribution in [0.2, 0.25) is 0 Å². The number of hydrogen-bond donors (Lipinski definition) is 1. The first-order valence-corrected chi connectivity index (χ1v) is 10.9. The number of nitrogens with one attached hydrogen (secondary N) is 1. The van der Waals surface area contributed by atoms with Gasteiger partial charge in [0.25, 0.3) is 0 Å². The zero-order chi connectivity index (χ0) is 20.0. The molecule has 146 valence electrons. The van der Waals surface area contributed by atoms with E-state index in [1.165, 1.54) is 9.87 Å². The molecule has 0 fully saturated rings. The van der Waals surface area contributed by atoms with E-state index in [1.807, 2.05) is 51.1 Å². The smallest absolute Gasteiger partial charge is 0.240 e. The van der Waals surface area contributed by atoms with Gasteiger partial charge in [-0.2, -0.15) is 0 Å². The minimum Gasteiger partial charge on any atom is -0.352 e. The van der Waals surface area contributed by atoms with Crippen molar-refractivity contribution in [3.63, 3.8) is 0 Å². The van der Waals surface area contributed by atoms with Crippen LogP contribution in [-0.4, -0.2) is 33.2 Å². The molecule has 2 rings (SSSR count). The fraction of sp³-hybridized carbons (Fsp3) is 0.381. The average molecular weight is 389 g/mol. The Morgan fingerprint density at radius 1 is 1.11 bits per heavy atom. The van der Waals surface area contributed by atoms with Gasteiger partial charge in [0, 0.05) is 6.04 Å². The molecular weight excluding hydrogens is 360 g/mol. The van der Waals surface area contributed by atoms with Crippen molar-refractivity contribution in [1.29, 1.82) is 0 Å². The molecule has 1 atom stereocenters. The van der Waals surface area contributed by atoms with Gasteiger partial charge in [0.15, 0.2) is 0 Å². The number of hydrogen-bond acceptors (Lipinski definition) is 3. The van der Waals surface area contributed by atoms with Crippen molar-refractivity contribution in [2.75, 3.05) is 17.1 Å². The van der Waals surface area contributed by atoms with Crippen molar-refractivity contribution in [2.24, 2.45) is 0 Å². The molecule has 1 N–H and O–H groups in total. The molecular formula is C21H28N2O3S. The lowest BCUT2D eigenvalue weighted by atomic mass is 10.1. The van der Waals surface area contributed by atoms with Gasteiger partial charge in [0.1, 0.15) is 6.54 Å². The number of anilines is 1. The molecule has 0 saturated carbocycles. The standard InChI is InChI=1S/C21H28N2O3S/c1-16-10-11-17(2)20(14-16)23(27(4,25)26)15-21(24)22-18(3)12-13-19-8-6-5-7-9-19/h5-11,14,18H,12-13,15H2,1-4H3,(H,22,24)/t18-/m1/s1. The van der Waals surface area contributed by atoms with Gasteiger partial charge in [0.05, 0.1) is 11.9 Å². The number of benzene rings is 2. The average Bonchev–Trinajstić information content (AvgIpc) is 2.60. The molecule has 27 heavy (non-hydrogen) atoms. The highest BCUT2D eigenvalue weighted by atomic mass is 32.2. The minimum absolute atomic E-state index is 0.0438. The van der Waals surface area contributed by atoms with Gasteiger partial charge >= 0.3 is 0 Å². The minimum atomic E-state index is -3.57. The van der Waals surface area contributed by atoms with E-state index >= 15 is 0 Å². The third-order valence-corrected chi connectivity index (χ3v) is 5.56. The molecule has 0 aliphatic carbocycles. The Bertz CT molecular complexity index is 880. The summed E-state index contributed by atoms with van der Waals surface area (Å²) in [5.74, 6) is -0.304. The van der Waals surface area contributed by atoms with Crippen LogP contribution in [0, 0.1) is 13.8 Å². The first-order valence-electron chi connectivity index (χ1n) is 9.05. The van der Waals surface area contributed by atoms with E-state index in [0.717, 1.165) is 30.2 Å². The van der Waals surface area contributed by atoms with E-state index in [2.05, 4.69) is 17.4 Å². The second-order valence-corrected chi connectivity index (χ2v) is 8.96. The molecule has 0 aliphatic rings. The molecule has 2 aromatic rings. The molecule has 0 saturated heterocycles. The first-order chi connectivity index (χ1) is 12.7. The van der Waals surface area contributed by atoms with Crippen molar-refractivity contribution in [3.05, 3.63) is 65.2 Å². The van der Waals surface area contributed by atoms with Crippen LogP contribution in [0.15, 0.2) is 48.5 Å². The third-order valence-electron chi connectivity index (χ3n) is 4.44. The molecule has 0 radical (unpaired) electrons. The molecule has 0 aliphatic heterocycles. The second-order valence-electron chi connectivity index (χ2n) is 7.05. The lowest BCUT2D eigenvalue weighted by Crippen LogP contribution is -2.43. The van der Waals surface area contributed by atoms with Crippen molar-refractivity contribution in [2.45, 2.75) is 39.7 Å². The molecule has 0 heterocycles. The molecule has 0 bridgehead atoms. The Kier molecular flexibility index (Phi) is 7.02.